The van der Waals surface area contributed by atoms with Gasteiger partial charge in [0.05, 0.1) is 16.7 Å². The minimum atomic E-state index is 0.0472. The summed E-state index contributed by atoms with van der Waals surface area (Å²) in [6.45, 7) is 7.32. The van der Waals surface area contributed by atoms with Crippen LogP contribution < -0.4 is 5.32 Å². The van der Waals surface area contributed by atoms with Crippen molar-refractivity contribution >= 4 is 11.3 Å². The zero-order chi connectivity index (χ0) is 17.2. The highest BCUT2D eigenvalue weighted by atomic mass is 32.1. The highest BCUT2D eigenvalue weighted by Gasteiger charge is 2.20. The Kier molecular flexibility index (Phi) is 4.83. The van der Waals surface area contributed by atoms with Gasteiger partial charge in [-0.15, -0.1) is 11.3 Å². The average Bonchev–Trinajstić information content (AvgIpc) is 3.18. The molecular weight excluding hydrogens is 316 g/mol. The van der Waals surface area contributed by atoms with E-state index in [0.717, 1.165) is 18.1 Å². The molecule has 4 nitrogen and oxygen atoms in total. The summed E-state index contributed by atoms with van der Waals surface area (Å²) in [6.07, 6.45) is 3.82. The molecule has 1 atom stereocenters. The van der Waals surface area contributed by atoms with Crippen LogP contribution >= 0.6 is 11.3 Å². The normalized spacial score (nSPS) is 13.2. The lowest BCUT2D eigenvalue weighted by molar-refractivity contribution is 0.546. The van der Waals surface area contributed by atoms with E-state index >= 15 is 0 Å². The first-order valence-electron chi connectivity index (χ1n) is 8.15. The van der Waals surface area contributed by atoms with Crippen molar-refractivity contribution in [2.75, 3.05) is 0 Å². The quantitative estimate of drug-likeness (QED) is 0.762. The number of hydrogen-bond donors (Lipinski definition) is 1. The zero-order valence-corrected chi connectivity index (χ0v) is 15.5. The first-order chi connectivity index (χ1) is 11.4. The van der Waals surface area contributed by atoms with Crippen LogP contribution in [0.4, 0.5) is 0 Å². The Morgan fingerprint density at radius 3 is 2.54 bits per heavy atom. The van der Waals surface area contributed by atoms with Gasteiger partial charge in [0.1, 0.15) is 5.82 Å². The van der Waals surface area contributed by atoms with Crippen LogP contribution in [0.3, 0.4) is 0 Å². The molecule has 0 saturated heterocycles. The lowest BCUT2D eigenvalue weighted by atomic mass is 9.98. The third kappa shape index (κ3) is 3.74. The van der Waals surface area contributed by atoms with Gasteiger partial charge in [0, 0.05) is 36.8 Å². The number of nitrogens with one attached hydrogen (secondary N) is 1. The van der Waals surface area contributed by atoms with E-state index in [0.29, 0.717) is 0 Å². The Balaban J connectivity index is 1.81. The molecular formula is C19H24N4S. The molecule has 1 aromatic carbocycles. The second-order valence-electron chi connectivity index (χ2n) is 7.01. The molecule has 1 N–H and O–H groups in total. The Labute approximate surface area is 147 Å². The fraction of sp³-hybridized carbons (Fsp3) is 0.368. The van der Waals surface area contributed by atoms with Gasteiger partial charge in [-0.25, -0.2) is 9.97 Å². The number of benzene rings is 1. The second-order valence-corrected chi connectivity index (χ2v) is 7.87. The van der Waals surface area contributed by atoms with Gasteiger partial charge < -0.3 is 4.57 Å². The molecule has 5 heteroatoms. The van der Waals surface area contributed by atoms with Crippen molar-refractivity contribution in [1.82, 2.24) is 19.9 Å². The fourth-order valence-electron chi connectivity index (χ4n) is 2.60. The third-order valence-corrected chi connectivity index (χ3v) is 5.25. The molecule has 0 radical (unpaired) electrons. The van der Waals surface area contributed by atoms with Crippen LogP contribution in [0.5, 0.6) is 0 Å². The van der Waals surface area contributed by atoms with Crippen LogP contribution in [0.1, 0.15) is 48.9 Å². The Morgan fingerprint density at radius 2 is 1.96 bits per heavy atom. The first kappa shape index (κ1) is 16.9. The van der Waals surface area contributed by atoms with Crippen LogP contribution in [-0.2, 0) is 19.0 Å². The highest BCUT2D eigenvalue weighted by Crippen LogP contribution is 2.26. The van der Waals surface area contributed by atoms with E-state index < -0.39 is 0 Å². The Morgan fingerprint density at radius 1 is 1.21 bits per heavy atom. The van der Waals surface area contributed by atoms with Crippen LogP contribution in [0.2, 0.25) is 0 Å². The van der Waals surface area contributed by atoms with E-state index in [1.807, 2.05) is 25.5 Å². The molecule has 126 valence electrons. The summed E-state index contributed by atoms with van der Waals surface area (Å²) in [6, 6.07) is 10.5. The van der Waals surface area contributed by atoms with Crippen molar-refractivity contribution in [2.24, 2.45) is 7.05 Å². The van der Waals surface area contributed by atoms with Crippen LogP contribution in [0.25, 0.3) is 0 Å². The lowest BCUT2D eigenvalue weighted by Crippen LogP contribution is -2.25. The summed E-state index contributed by atoms with van der Waals surface area (Å²) in [5, 5.41) is 6.94. The molecule has 0 spiro atoms. The van der Waals surface area contributed by atoms with E-state index in [9.17, 15) is 0 Å². The number of nitrogens with zero attached hydrogens (tertiary/aromatic N) is 3. The average molecular weight is 340 g/mol. The van der Waals surface area contributed by atoms with Crippen molar-refractivity contribution in [3.8, 4) is 0 Å². The van der Waals surface area contributed by atoms with E-state index in [-0.39, 0.29) is 11.5 Å². The van der Waals surface area contributed by atoms with Crippen LogP contribution in [0, 0.1) is 0 Å². The van der Waals surface area contributed by atoms with Crippen LogP contribution in [0.15, 0.2) is 48.1 Å². The van der Waals surface area contributed by atoms with E-state index in [1.165, 1.54) is 10.6 Å². The van der Waals surface area contributed by atoms with Gasteiger partial charge in [-0.2, -0.15) is 0 Å². The Bertz CT molecular complexity index is 783. The van der Waals surface area contributed by atoms with E-state index in [1.54, 1.807) is 11.3 Å². The molecule has 0 aliphatic carbocycles. The number of imidazole rings is 1. The molecule has 0 bridgehead atoms. The minimum absolute atomic E-state index is 0.0472. The lowest BCUT2D eigenvalue weighted by Gasteiger charge is -2.19. The molecule has 2 aromatic heterocycles. The summed E-state index contributed by atoms with van der Waals surface area (Å²) < 4.78 is 2.06. The van der Waals surface area contributed by atoms with Crippen molar-refractivity contribution < 1.29 is 0 Å². The van der Waals surface area contributed by atoms with Crippen molar-refractivity contribution in [3.05, 3.63) is 70.2 Å². The maximum atomic E-state index is 4.78. The van der Waals surface area contributed by atoms with Gasteiger partial charge in [0.2, 0.25) is 0 Å². The monoisotopic (exact) mass is 340 g/mol. The van der Waals surface area contributed by atoms with Gasteiger partial charge in [0.15, 0.2) is 0 Å². The number of rotatable bonds is 5. The number of aromatic nitrogens is 3. The zero-order valence-electron chi connectivity index (χ0n) is 14.7. The topological polar surface area (TPSA) is 42.7 Å². The number of thiazole rings is 1. The molecule has 0 aliphatic heterocycles. The third-order valence-electron chi connectivity index (χ3n) is 3.93. The highest BCUT2D eigenvalue weighted by molar-refractivity contribution is 7.09. The van der Waals surface area contributed by atoms with Crippen LogP contribution in [-0.4, -0.2) is 14.5 Å². The molecule has 3 aromatic rings. The van der Waals surface area contributed by atoms with E-state index in [4.69, 9.17) is 4.98 Å². The predicted octanol–water partition coefficient (Wildman–Crippen LogP) is 4.05. The molecule has 0 amide bonds. The predicted molar refractivity (Wildman–Crippen MR) is 99.1 cm³/mol. The minimum Gasteiger partial charge on any atom is -0.336 e. The summed E-state index contributed by atoms with van der Waals surface area (Å²) in [5.74, 6) is 1.01. The van der Waals surface area contributed by atoms with Gasteiger partial charge >= 0.3 is 0 Å². The standard InChI is InChI=1S/C19H24N4S/c1-19(2,3)18-22-15(13-24-18)12-21-16(14-8-6-5-7-9-14)17-20-10-11-23(17)4/h5-11,13,16,21H,12H2,1-4H3/t16-/m1/s1. The molecule has 24 heavy (non-hydrogen) atoms. The van der Waals surface area contributed by atoms with E-state index in [2.05, 4.69) is 65.3 Å². The van der Waals surface area contributed by atoms with Gasteiger partial charge in [0.25, 0.3) is 0 Å². The molecule has 3 rings (SSSR count). The SMILES string of the molecule is Cn1ccnc1[C@H](NCc1csc(C(C)(C)C)n1)c1ccccc1. The molecule has 0 fully saturated rings. The largest absolute Gasteiger partial charge is 0.336 e. The Hall–Kier alpha value is -1.98. The van der Waals surface area contributed by atoms with Gasteiger partial charge in [-0.3, -0.25) is 5.32 Å². The summed E-state index contributed by atoms with van der Waals surface area (Å²) in [4.78, 5) is 9.31. The summed E-state index contributed by atoms with van der Waals surface area (Å²) in [5.41, 5.74) is 2.39. The van der Waals surface area contributed by atoms with Gasteiger partial charge in [-0.05, 0) is 5.56 Å². The van der Waals surface area contributed by atoms with Crippen molar-refractivity contribution in [2.45, 2.75) is 38.8 Å². The second kappa shape index (κ2) is 6.87. The smallest absolute Gasteiger partial charge is 0.130 e. The van der Waals surface area contributed by atoms with Gasteiger partial charge in [-0.1, -0.05) is 51.1 Å². The first-order valence-corrected chi connectivity index (χ1v) is 9.03. The summed E-state index contributed by atoms with van der Waals surface area (Å²) in [7, 11) is 2.03. The van der Waals surface area contributed by atoms with Crippen molar-refractivity contribution in [3.63, 3.8) is 0 Å². The van der Waals surface area contributed by atoms with Crippen molar-refractivity contribution in [1.29, 1.82) is 0 Å². The maximum absolute atomic E-state index is 4.78. The molecule has 2 heterocycles. The molecule has 0 unspecified atom stereocenters. The number of aryl methyl sites for hydroxylation is 1. The fourth-order valence-corrected chi connectivity index (χ4v) is 3.51. The summed E-state index contributed by atoms with van der Waals surface area (Å²) >= 11 is 1.73. The number of hydrogen-bond acceptors (Lipinski definition) is 4. The maximum Gasteiger partial charge on any atom is 0.130 e. The molecule has 0 aliphatic rings. The molecule has 0 saturated carbocycles.